The van der Waals surface area contributed by atoms with Crippen LogP contribution in [0.3, 0.4) is 0 Å². The number of hydrogen-bond donors (Lipinski definition) is 2. The zero-order valence-electron chi connectivity index (χ0n) is 18.2. The molecule has 2 aromatic carbocycles. The van der Waals surface area contributed by atoms with Gasteiger partial charge in [-0.3, -0.25) is 9.59 Å². The highest BCUT2D eigenvalue weighted by molar-refractivity contribution is 6.36. The van der Waals surface area contributed by atoms with Crippen molar-refractivity contribution in [2.45, 2.75) is 32.0 Å². The first kappa shape index (κ1) is 22.2. The molecule has 1 unspecified atom stereocenters. The van der Waals surface area contributed by atoms with Gasteiger partial charge in [0.15, 0.2) is 5.75 Å². The van der Waals surface area contributed by atoms with Crippen LogP contribution in [0.2, 0.25) is 5.02 Å². The topological polar surface area (TPSA) is 94.1 Å². The summed E-state index contributed by atoms with van der Waals surface area (Å²) in [7, 11) is 2.87. The average Bonchev–Trinajstić information content (AvgIpc) is 3.08. The molecule has 2 N–H and O–H groups in total. The average molecular weight is 458 g/mol. The maximum absolute atomic E-state index is 13.5. The van der Waals surface area contributed by atoms with Crippen LogP contribution in [-0.4, -0.2) is 36.5 Å². The normalized spacial score (nSPS) is 22.8. The number of carbonyl (C=O) groups is 2. The summed E-state index contributed by atoms with van der Waals surface area (Å²) < 4.78 is 16.7. The van der Waals surface area contributed by atoms with Gasteiger partial charge >= 0.3 is 0 Å². The molecule has 168 valence electrons. The molecule has 4 rings (SSSR count). The van der Waals surface area contributed by atoms with Gasteiger partial charge in [0.05, 0.1) is 20.3 Å². The Morgan fingerprint density at radius 2 is 1.94 bits per heavy atom. The maximum atomic E-state index is 13.5. The minimum atomic E-state index is -1.71. The Hall–Kier alpha value is -3.03. The van der Waals surface area contributed by atoms with Crippen LogP contribution in [0.25, 0.3) is 0 Å². The summed E-state index contributed by atoms with van der Waals surface area (Å²) >= 11 is 6.41. The molecule has 1 aliphatic carbocycles. The summed E-state index contributed by atoms with van der Waals surface area (Å²) in [5.41, 5.74) is 0.578. The van der Waals surface area contributed by atoms with E-state index < -0.39 is 29.2 Å². The molecule has 0 aromatic heterocycles. The number of allylic oxidation sites excluding steroid dienone is 1. The zero-order chi connectivity index (χ0) is 23.2. The van der Waals surface area contributed by atoms with Crippen LogP contribution in [0.15, 0.2) is 42.1 Å². The predicted molar refractivity (Wildman–Crippen MR) is 120 cm³/mol. The second kappa shape index (κ2) is 8.15. The first-order valence-corrected chi connectivity index (χ1v) is 10.6. The lowest BCUT2D eigenvalue weighted by Crippen LogP contribution is -2.55. The molecule has 1 aliphatic heterocycles. The minimum absolute atomic E-state index is 0.0995. The number of benzene rings is 2. The van der Waals surface area contributed by atoms with E-state index in [-0.39, 0.29) is 22.1 Å². The van der Waals surface area contributed by atoms with Crippen molar-refractivity contribution in [2.24, 2.45) is 5.92 Å². The lowest BCUT2D eigenvalue weighted by molar-refractivity contribution is -0.129. The standard InChI is InChI=1S/C24H24ClNO6/c1-12-8-16(26-15-7-5-6-14(9-15)13(2)27)10-19(28)24(12)23(29)20-17(30-3)11-18(31-4)21(25)22(20)32-24/h5-7,9-13,26-27H,8H2,1-4H3/t12-,13?,24+/m1/s1. The van der Waals surface area contributed by atoms with Gasteiger partial charge in [0, 0.05) is 29.4 Å². The number of rotatable bonds is 5. The third-order valence-corrected chi connectivity index (χ3v) is 6.34. The number of Topliss-reactive ketones (excluding diaryl/α,β-unsaturated/α-hetero) is 1. The summed E-state index contributed by atoms with van der Waals surface area (Å²) in [5.74, 6) is -0.789. The van der Waals surface area contributed by atoms with Crippen molar-refractivity contribution in [3.8, 4) is 17.2 Å². The zero-order valence-corrected chi connectivity index (χ0v) is 18.9. The maximum Gasteiger partial charge on any atom is 0.236 e. The Balaban J connectivity index is 1.69. The summed E-state index contributed by atoms with van der Waals surface area (Å²) in [6.07, 6.45) is 1.18. The summed E-state index contributed by atoms with van der Waals surface area (Å²) in [5, 5.41) is 13.2. The van der Waals surface area contributed by atoms with Crippen LogP contribution in [0, 0.1) is 5.92 Å². The molecule has 0 bridgehead atoms. The highest BCUT2D eigenvalue weighted by Crippen LogP contribution is 2.53. The SMILES string of the molecule is COc1cc(OC)c2c(c1Cl)O[C@@]1(C(=O)C=C(Nc3cccc(C(C)O)c3)C[C@H]1C)C2=O. The second-order valence-corrected chi connectivity index (χ2v) is 8.41. The number of nitrogens with one attached hydrogen (secondary N) is 1. The molecule has 1 heterocycles. The van der Waals surface area contributed by atoms with E-state index in [1.54, 1.807) is 13.8 Å². The summed E-state index contributed by atoms with van der Waals surface area (Å²) in [6.45, 7) is 3.48. The minimum Gasteiger partial charge on any atom is -0.496 e. The Morgan fingerprint density at radius 1 is 1.22 bits per heavy atom. The van der Waals surface area contributed by atoms with Gasteiger partial charge in [0.2, 0.25) is 17.2 Å². The number of carbonyl (C=O) groups excluding carboxylic acids is 2. The van der Waals surface area contributed by atoms with Crippen LogP contribution in [0.1, 0.15) is 42.3 Å². The van der Waals surface area contributed by atoms with Gasteiger partial charge in [-0.25, -0.2) is 0 Å². The van der Waals surface area contributed by atoms with E-state index in [4.69, 9.17) is 25.8 Å². The number of anilines is 1. The second-order valence-electron chi connectivity index (χ2n) is 8.03. The molecule has 0 radical (unpaired) electrons. The molecule has 2 aliphatic rings. The van der Waals surface area contributed by atoms with Gasteiger partial charge in [-0.05, 0) is 31.0 Å². The number of methoxy groups -OCH3 is 2. The predicted octanol–water partition coefficient (Wildman–Crippen LogP) is 4.33. The van der Waals surface area contributed by atoms with E-state index in [0.29, 0.717) is 17.9 Å². The lowest BCUT2D eigenvalue weighted by atomic mass is 9.74. The van der Waals surface area contributed by atoms with Crippen LogP contribution in [0.5, 0.6) is 17.2 Å². The van der Waals surface area contributed by atoms with Crippen molar-refractivity contribution in [1.29, 1.82) is 0 Å². The Labute approximate surface area is 190 Å². The van der Waals surface area contributed by atoms with E-state index >= 15 is 0 Å². The molecular formula is C24H24ClNO6. The molecule has 0 saturated heterocycles. The Morgan fingerprint density at radius 3 is 2.56 bits per heavy atom. The Bertz CT molecular complexity index is 1140. The van der Waals surface area contributed by atoms with Gasteiger partial charge in [-0.15, -0.1) is 0 Å². The van der Waals surface area contributed by atoms with Gasteiger partial charge in [0.25, 0.3) is 0 Å². The molecule has 0 fully saturated rings. The lowest BCUT2D eigenvalue weighted by Gasteiger charge is -2.35. The fourth-order valence-electron chi connectivity index (χ4n) is 4.28. The smallest absolute Gasteiger partial charge is 0.236 e. The fourth-order valence-corrected chi connectivity index (χ4v) is 4.54. The molecule has 7 nitrogen and oxygen atoms in total. The number of hydrogen-bond acceptors (Lipinski definition) is 7. The van der Waals surface area contributed by atoms with Crippen LogP contribution in [-0.2, 0) is 4.79 Å². The van der Waals surface area contributed by atoms with E-state index in [9.17, 15) is 14.7 Å². The van der Waals surface area contributed by atoms with Crippen molar-refractivity contribution in [3.63, 3.8) is 0 Å². The third-order valence-electron chi connectivity index (χ3n) is 5.98. The largest absolute Gasteiger partial charge is 0.496 e. The van der Waals surface area contributed by atoms with Gasteiger partial charge < -0.3 is 24.6 Å². The first-order valence-electron chi connectivity index (χ1n) is 10.2. The van der Waals surface area contributed by atoms with Crippen molar-refractivity contribution < 1.29 is 28.9 Å². The highest BCUT2D eigenvalue weighted by atomic mass is 35.5. The third kappa shape index (κ3) is 3.32. The molecule has 0 amide bonds. The van der Waals surface area contributed by atoms with E-state index in [1.165, 1.54) is 26.4 Å². The van der Waals surface area contributed by atoms with E-state index in [2.05, 4.69) is 5.32 Å². The number of fused-ring (bicyclic) bond motifs is 1. The van der Waals surface area contributed by atoms with Crippen molar-refractivity contribution in [2.75, 3.05) is 19.5 Å². The van der Waals surface area contributed by atoms with E-state index in [0.717, 1.165) is 11.3 Å². The quantitative estimate of drug-likeness (QED) is 0.645. The molecule has 2 aromatic rings. The van der Waals surface area contributed by atoms with Crippen molar-refractivity contribution in [1.82, 2.24) is 0 Å². The summed E-state index contributed by atoms with van der Waals surface area (Å²) in [6, 6.07) is 8.81. The van der Waals surface area contributed by atoms with Crippen LogP contribution < -0.4 is 19.5 Å². The van der Waals surface area contributed by atoms with Crippen LogP contribution in [0.4, 0.5) is 5.69 Å². The number of ether oxygens (including phenoxy) is 3. The van der Waals surface area contributed by atoms with Gasteiger partial charge in [-0.2, -0.15) is 0 Å². The van der Waals surface area contributed by atoms with Gasteiger partial charge in [0.1, 0.15) is 22.1 Å². The molecule has 8 heteroatoms. The van der Waals surface area contributed by atoms with Crippen LogP contribution >= 0.6 is 11.6 Å². The Kier molecular flexibility index (Phi) is 5.65. The molecule has 1 spiro atoms. The molecule has 0 saturated carbocycles. The first-order chi connectivity index (χ1) is 15.2. The summed E-state index contributed by atoms with van der Waals surface area (Å²) in [4.78, 5) is 26.8. The fraction of sp³-hybridized carbons (Fsp3) is 0.333. The van der Waals surface area contributed by atoms with Crippen molar-refractivity contribution >= 4 is 28.9 Å². The van der Waals surface area contributed by atoms with E-state index in [1.807, 2.05) is 24.3 Å². The van der Waals surface area contributed by atoms with Crippen molar-refractivity contribution in [3.05, 3.63) is 58.3 Å². The monoisotopic (exact) mass is 457 g/mol. The van der Waals surface area contributed by atoms with Gasteiger partial charge in [-0.1, -0.05) is 30.7 Å². The number of aliphatic hydroxyl groups excluding tert-OH is 1. The number of halogens is 1. The highest BCUT2D eigenvalue weighted by Gasteiger charge is 2.60. The molecule has 3 atom stereocenters. The number of ketones is 2. The number of aliphatic hydroxyl groups is 1. The molecule has 32 heavy (non-hydrogen) atoms. The molecular weight excluding hydrogens is 434 g/mol.